The Balaban J connectivity index is 0.000000774. The van der Waals surface area contributed by atoms with Gasteiger partial charge in [-0.05, 0) is 30.4 Å². The second kappa shape index (κ2) is 7.42. The Bertz CT molecular complexity index is 423. The molecule has 1 saturated heterocycles. The van der Waals surface area contributed by atoms with Gasteiger partial charge >= 0.3 is 0 Å². The van der Waals surface area contributed by atoms with Gasteiger partial charge in [-0.2, -0.15) is 0 Å². The van der Waals surface area contributed by atoms with E-state index in [0.29, 0.717) is 0 Å². The molecule has 2 heteroatoms. The van der Waals surface area contributed by atoms with Crippen molar-refractivity contribution >= 4 is 0 Å². The summed E-state index contributed by atoms with van der Waals surface area (Å²) in [5.41, 5.74) is 3.37. The topological polar surface area (TPSA) is 15.3 Å². The van der Waals surface area contributed by atoms with E-state index in [1.165, 1.54) is 32.4 Å². The van der Waals surface area contributed by atoms with Crippen molar-refractivity contribution in [3.63, 3.8) is 0 Å². The number of nitrogens with zero attached hydrogens (tertiary/aromatic N) is 1. The zero-order valence-electron chi connectivity index (χ0n) is 14.3. The molecule has 0 saturated carbocycles. The molecule has 2 nitrogen and oxygen atoms in total. The van der Waals surface area contributed by atoms with Crippen LogP contribution in [0.2, 0.25) is 0 Å². The third kappa shape index (κ3) is 4.31. The van der Waals surface area contributed by atoms with Gasteiger partial charge in [0.05, 0.1) is 0 Å². The van der Waals surface area contributed by atoms with E-state index in [1.807, 2.05) is 13.8 Å². The zero-order valence-corrected chi connectivity index (χ0v) is 14.3. The highest BCUT2D eigenvalue weighted by Crippen LogP contribution is 2.34. The summed E-state index contributed by atoms with van der Waals surface area (Å²) in [4.78, 5) is 2.69. The van der Waals surface area contributed by atoms with E-state index in [4.69, 9.17) is 0 Å². The predicted molar refractivity (Wildman–Crippen MR) is 92.5 cm³/mol. The lowest BCUT2D eigenvalue weighted by Crippen LogP contribution is -2.49. The minimum atomic E-state index is 0.210. The van der Waals surface area contributed by atoms with Crippen LogP contribution in [-0.4, -0.2) is 37.1 Å². The van der Waals surface area contributed by atoms with Crippen molar-refractivity contribution in [2.45, 2.75) is 53.0 Å². The average molecular weight is 288 g/mol. The van der Waals surface area contributed by atoms with Crippen molar-refractivity contribution in [2.24, 2.45) is 5.41 Å². The van der Waals surface area contributed by atoms with E-state index in [-0.39, 0.29) is 5.41 Å². The van der Waals surface area contributed by atoms with E-state index in [1.54, 1.807) is 11.1 Å². The van der Waals surface area contributed by atoms with Gasteiger partial charge in [-0.3, -0.25) is 4.90 Å². The van der Waals surface area contributed by atoms with Crippen LogP contribution in [0.15, 0.2) is 35.5 Å². The molecule has 0 bridgehead atoms. The van der Waals surface area contributed by atoms with Gasteiger partial charge in [-0.15, -0.1) is 0 Å². The summed E-state index contributed by atoms with van der Waals surface area (Å²) in [6.45, 7) is 13.3. The van der Waals surface area contributed by atoms with Gasteiger partial charge in [-0.25, -0.2) is 0 Å². The first-order valence-electron chi connectivity index (χ1n) is 8.69. The Kier molecular flexibility index (Phi) is 5.83. The van der Waals surface area contributed by atoms with Gasteiger partial charge in [0.2, 0.25) is 0 Å². The van der Waals surface area contributed by atoms with Crippen LogP contribution in [0.5, 0.6) is 0 Å². The van der Waals surface area contributed by atoms with E-state index in [9.17, 15) is 0 Å². The van der Waals surface area contributed by atoms with Crippen molar-refractivity contribution in [2.75, 3.05) is 26.2 Å². The van der Waals surface area contributed by atoms with Crippen LogP contribution in [-0.2, 0) is 0 Å². The first kappa shape index (κ1) is 16.5. The van der Waals surface area contributed by atoms with E-state index < -0.39 is 0 Å². The Hall–Kier alpha value is -0.860. The minimum absolute atomic E-state index is 0.210. The van der Waals surface area contributed by atoms with Gasteiger partial charge < -0.3 is 5.32 Å². The molecule has 1 N–H and O–H groups in total. The number of hydrogen-bond acceptors (Lipinski definition) is 2. The maximum absolute atomic E-state index is 3.45. The van der Waals surface area contributed by atoms with Gasteiger partial charge in [0.25, 0.3) is 0 Å². The fourth-order valence-corrected chi connectivity index (χ4v) is 3.38. The van der Waals surface area contributed by atoms with Crippen LogP contribution < -0.4 is 5.32 Å². The van der Waals surface area contributed by atoms with Crippen molar-refractivity contribution in [1.29, 1.82) is 0 Å². The Labute approximate surface area is 131 Å². The highest BCUT2D eigenvalue weighted by Gasteiger charge is 2.26. The van der Waals surface area contributed by atoms with Crippen molar-refractivity contribution in [3.8, 4) is 0 Å². The van der Waals surface area contributed by atoms with E-state index in [0.717, 1.165) is 19.1 Å². The van der Waals surface area contributed by atoms with Crippen molar-refractivity contribution in [1.82, 2.24) is 10.2 Å². The summed E-state index contributed by atoms with van der Waals surface area (Å²) in [6.07, 6.45) is 13.3. The lowest BCUT2D eigenvalue weighted by Gasteiger charge is -2.37. The number of piperazine rings is 1. The number of nitrogens with one attached hydrogen (secondary N) is 1. The fraction of sp³-hybridized carbons (Fsp3) is 0.684. The SMILES string of the molecule is CC.CC1(C)C=CC2=C(C=C1)CC(N1CCNCC1)CC2. The summed E-state index contributed by atoms with van der Waals surface area (Å²) in [7, 11) is 0. The fourth-order valence-electron chi connectivity index (χ4n) is 3.38. The molecule has 1 heterocycles. The molecule has 1 atom stereocenters. The normalized spacial score (nSPS) is 28.5. The number of hydrogen-bond donors (Lipinski definition) is 1. The Morgan fingerprint density at radius 2 is 1.67 bits per heavy atom. The predicted octanol–water partition coefficient (Wildman–Crippen LogP) is 3.92. The van der Waals surface area contributed by atoms with E-state index >= 15 is 0 Å². The van der Waals surface area contributed by atoms with Crippen molar-refractivity contribution < 1.29 is 0 Å². The maximum Gasteiger partial charge on any atom is 0.0140 e. The van der Waals surface area contributed by atoms with Crippen LogP contribution in [0.4, 0.5) is 0 Å². The van der Waals surface area contributed by atoms with E-state index in [2.05, 4.69) is 48.4 Å². The number of rotatable bonds is 1. The van der Waals surface area contributed by atoms with Gasteiger partial charge in [0, 0.05) is 37.6 Å². The van der Waals surface area contributed by atoms with Crippen LogP contribution in [0.3, 0.4) is 0 Å². The summed E-state index contributed by atoms with van der Waals surface area (Å²) in [6, 6.07) is 0.764. The maximum atomic E-state index is 3.45. The molecule has 1 aliphatic heterocycles. The lowest BCUT2D eigenvalue weighted by molar-refractivity contribution is 0.160. The first-order valence-corrected chi connectivity index (χ1v) is 8.69. The second-order valence-electron chi connectivity index (χ2n) is 6.72. The lowest BCUT2D eigenvalue weighted by atomic mass is 9.87. The Morgan fingerprint density at radius 3 is 2.33 bits per heavy atom. The molecule has 0 amide bonds. The summed E-state index contributed by atoms with van der Waals surface area (Å²) in [5, 5.41) is 3.45. The van der Waals surface area contributed by atoms with Crippen molar-refractivity contribution in [3.05, 3.63) is 35.5 Å². The zero-order chi connectivity index (χ0) is 15.3. The molecule has 1 fully saturated rings. The molecule has 1 unspecified atom stereocenters. The first-order chi connectivity index (χ1) is 10.1. The number of allylic oxidation sites excluding steroid dienone is 5. The molecular formula is C19H32N2. The quantitative estimate of drug-likeness (QED) is 0.787. The molecule has 21 heavy (non-hydrogen) atoms. The average Bonchev–Trinajstić information content (AvgIpc) is 2.69. The Morgan fingerprint density at radius 1 is 1.05 bits per heavy atom. The summed E-state index contributed by atoms with van der Waals surface area (Å²) >= 11 is 0. The molecule has 118 valence electrons. The molecule has 0 aromatic rings. The molecule has 3 aliphatic rings. The molecule has 2 aliphatic carbocycles. The van der Waals surface area contributed by atoms with Crippen LogP contribution in [0, 0.1) is 5.41 Å². The highest BCUT2D eigenvalue weighted by atomic mass is 15.2. The van der Waals surface area contributed by atoms with Crippen LogP contribution >= 0.6 is 0 Å². The molecule has 0 aromatic carbocycles. The third-order valence-electron chi connectivity index (χ3n) is 4.71. The second-order valence-corrected chi connectivity index (χ2v) is 6.72. The monoisotopic (exact) mass is 288 g/mol. The third-order valence-corrected chi connectivity index (χ3v) is 4.71. The van der Waals surface area contributed by atoms with Gasteiger partial charge in [0.15, 0.2) is 0 Å². The van der Waals surface area contributed by atoms with Gasteiger partial charge in [0.1, 0.15) is 0 Å². The highest BCUT2D eigenvalue weighted by molar-refractivity contribution is 5.40. The summed E-state index contributed by atoms with van der Waals surface area (Å²) in [5.74, 6) is 0. The standard InChI is InChI=1S/C17H26N2.C2H6/c1-17(2)7-5-14-3-4-16(13-15(14)6-8-17)19-11-9-18-10-12-19;1-2/h5-8,16,18H,3-4,9-13H2,1-2H3;1-2H3. The molecular weight excluding hydrogens is 256 g/mol. The summed E-state index contributed by atoms with van der Waals surface area (Å²) < 4.78 is 0. The smallest absolute Gasteiger partial charge is 0.0140 e. The van der Waals surface area contributed by atoms with Crippen LogP contribution in [0.25, 0.3) is 0 Å². The van der Waals surface area contributed by atoms with Gasteiger partial charge in [-0.1, -0.05) is 52.0 Å². The molecule has 0 radical (unpaired) electrons. The molecule has 3 rings (SSSR count). The largest absolute Gasteiger partial charge is 0.314 e. The minimum Gasteiger partial charge on any atom is -0.314 e. The van der Waals surface area contributed by atoms with Crippen LogP contribution in [0.1, 0.15) is 47.0 Å². The molecule has 0 spiro atoms. The molecule has 0 aromatic heterocycles.